The Labute approximate surface area is 187 Å². The molecule has 0 aliphatic heterocycles. The fourth-order valence-electron chi connectivity index (χ4n) is 2.06. The van der Waals surface area contributed by atoms with E-state index in [1.165, 1.54) is 18.2 Å². The highest BCUT2D eigenvalue weighted by atomic mass is 32.1. The Morgan fingerprint density at radius 2 is 1.34 bits per heavy atom. The Balaban J connectivity index is 2.37. The molecule has 0 N–H and O–H groups in total. The second-order valence-corrected chi connectivity index (χ2v) is 6.03. The maximum absolute atomic E-state index is 11.9. The van der Waals surface area contributed by atoms with Crippen LogP contribution in [0.4, 0.5) is 0 Å². The molecule has 32 heavy (non-hydrogen) atoms. The van der Waals surface area contributed by atoms with Crippen molar-refractivity contribution in [1.82, 2.24) is 0 Å². The van der Waals surface area contributed by atoms with Gasteiger partial charge in [-0.25, -0.2) is 0 Å². The summed E-state index contributed by atoms with van der Waals surface area (Å²) in [5.74, 6) is -0.540. The maximum Gasteiger partial charge on any atom is 0.313 e. The number of rotatable bonds is 17. The standard InChI is InChI=1S/C17H22N2O12S/c20-16(3-5-26-7-9-28-18(22)23)30-14-1-2-15(13(11-14)12-32)31-17(21)4-6-27-8-10-29-19(24)25/h1-2,11,32H,3-10,12H2. The largest absolute Gasteiger partial charge is 0.426 e. The number of nitrogens with zero attached hydrogens (tertiary/aromatic N) is 2. The molecule has 0 heterocycles. The van der Waals surface area contributed by atoms with Gasteiger partial charge in [-0.05, 0) is 18.2 Å². The van der Waals surface area contributed by atoms with Crippen molar-refractivity contribution in [3.05, 3.63) is 44.0 Å². The van der Waals surface area contributed by atoms with Crippen LogP contribution in [0.15, 0.2) is 18.2 Å². The molecule has 0 spiro atoms. The number of benzene rings is 1. The average Bonchev–Trinajstić information content (AvgIpc) is 2.73. The summed E-state index contributed by atoms with van der Waals surface area (Å²) in [5, 5.41) is 18.1. The molecule has 0 bridgehead atoms. The van der Waals surface area contributed by atoms with Crippen molar-refractivity contribution < 1.29 is 48.4 Å². The quantitative estimate of drug-likeness (QED) is 0.0845. The number of thiol groups is 1. The zero-order valence-corrected chi connectivity index (χ0v) is 17.7. The van der Waals surface area contributed by atoms with Gasteiger partial charge in [-0.2, -0.15) is 12.6 Å². The molecule has 0 fully saturated rings. The van der Waals surface area contributed by atoms with E-state index in [-0.39, 0.29) is 69.7 Å². The van der Waals surface area contributed by atoms with E-state index in [1.54, 1.807) is 0 Å². The van der Waals surface area contributed by atoms with E-state index in [0.717, 1.165) is 0 Å². The van der Waals surface area contributed by atoms with Gasteiger partial charge in [-0.15, -0.1) is 20.2 Å². The van der Waals surface area contributed by atoms with Crippen LogP contribution >= 0.6 is 12.6 Å². The van der Waals surface area contributed by atoms with E-state index in [4.69, 9.17) is 18.9 Å². The highest BCUT2D eigenvalue weighted by Gasteiger charge is 2.12. The molecule has 1 aromatic carbocycles. The molecular weight excluding hydrogens is 456 g/mol. The summed E-state index contributed by atoms with van der Waals surface area (Å²) < 4.78 is 20.4. The van der Waals surface area contributed by atoms with Crippen LogP contribution in [0.25, 0.3) is 0 Å². The van der Waals surface area contributed by atoms with Gasteiger partial charge in [0.25, 0.3) is 10.2 Å². The minimum atomic E-state index is -0.941. The highest BCUT2D eigenvalue weighted by molar-refractivity contribution is 7.79. The van der Waals surface area contributed by atoms with E-state index in [9.17, 15) is 29.8 Å². The molecule has 0 saturated carbocycles. The zero-order chi connectivity index (χ0) is 23.8. The van der Waals surface area contributed by atoms with Gasteiger partial charge in [0.2, 0.25) is 0 Å². The molecule has 14 nitrogen and oxygen atoms in total. The van der Waals surface area contributed by atoms with Crippen LogP contribution in [0.5, 0.6) is 11.5 Å². The summed E-state index contributed by atoms with van der Waals surface area (Å²) in [7, 11) is 0. The minimum Gasteiger partial charge on any atom is -0.426 e. The number of hydrogen-bond donors (Lipinski definition) is 1. The Morgan fingerprint density at radius 3 is 1.84 bits per heavy atom. The summed E-state index contributed by atoms with van der Waals surface area (Å²) in [4.78, 5) is 51.8. The van der Waals surface area contributed by atoms with Crippen LogP contribution in [-0.2, 0) is 34.5 Å². The molecule has 0 unspecified atom stereocenters. The molecule has 0 amide bonds. The summed E-state index contributed by atoms with van der Waals surface area (Å²) in [6.07, 6.45) is -0.175. The van der Waals surface area contributed by atoms with Gasteiger partial charge in [0.1, 0.15) is 24.7 Å². The molecule has 0 aliphatic rings. The zero-order valence-electron chi connectivity index (χ0n) is 16.8. The molecule has 0 atom stereocenters. The van der Waals surface area contributed by atoms with Crippen LogP contribution in [0.2, 0.25) is 0 Å². The van der Waals surface area contributed by atoms with Crippen LogP contribution in [0, 0.1) is 20.2 Å². The van der Waals surface area contributed by atoms with Gasteiger partial charge in [0.05, 0.1) is 39.3 Å². The molecular formula is C17H22N2O12S. The van der Waals surface area contributed by atoms with Crippen LogP contribution < -0.4 is 9.47 Å². The van der Waals surface area contributed by atoms with E-state index < -0.39 is 22.1 Å². The SMILES string of the molecule is O=C(CCOCCO[N+](=O)[O-])Oc1ccc(OC(=O)CCOCCO[N+](=O)[O-])c(CS)c1. The van der Waals surface area contributed by atoms with Crippen molar-refractivity contribution in [2.24, 2.45) is 0 Å². The molecule has 1 rings (SSSR count). The summed E-state index contributed by atoms with van der Waals surface area (Å²) in [6.45, 7) is -0.588. The van der Waals surface area contributed by atoms with Gasteiger partial charge in [0.15, 0.2) is 0 Å². The van der Waals surface area contributed by atoms with Crippen molar-refractivity contribution in [3.63, 3.8) is 0 Å². The van der Waals surface area contributed by atoms with Crippen molar-refractivity contribution in [3.8, 4) is 11.5 Å². The van der Waals surface area contributed by atoms with E-state index in [2.05, 4.69) is 22.3 Å². The first-order valence-electron chi connectivity index (χ1n) is 9.17. The average molecular weight is 478 g/mol. The summed E-state index contributed by atoms with van der Waals surface area (Å²) >= 11 is 4.16. The summed E-state index contributed by atoms with van der Waals surface area (Å²) in [6, 6.07) is 4.37. The predicted octanol–water partition coefficient (Wildman–Crippen LogP) is 1.16. The Hall–Kier alpha value is -3.17. The van der Waals surface area contributed by atoms with Gasteiger partial charge >= 0.3 is 11.9 Å². The van der Waals surface area contributed by atoms with Crippen molar-refractivity contribution in [1.29, 1.82) is 0 Å². The molecule has 0 radical (unpaired) electrons. The number of ether oxygens (including phenoxy) is 4. The molecule has 0 saturated heterocycles. The number of carbonyl (C=O) groups is 2. The van der Waals surface area contributed by atoms with Gasteiger partial charge in [0, 0.05) is 11.3 Å². The summed E-state index contributed by atoms with van der Waals surface area (Å²) in [5.41, 5.74) is 0.500. The van der Waals surface area contributed by atoms with Crippen LogP contribution in [0.3, 0.4) is 0 Å². The highest BCUT2D eigenvalue weighted by Crippen LogP contribution is 2.26. The molecule has 1 aromatic rings. The number of esters is 2. The van der Waals surface area contributed by atoms with Gasteiger partial charge in [-0.1, -0.05) is 0 Å². The predicted molar refractivity (Wildman–Crippen MR) is 107 cm³/mol. The lowest BCUT2D eigenvalue weighted by Crippen LogP contribution is -2.15. The minimum absolute atomic E-state index is 0.00470. The molecule has 178 valence electrons. The maximum atomic E-state index is 11.9. The number of carbonyl (C=O) groups excluding carboxylic acids is 2. The van der Waals surface area contributed by atoms with Crippen molar-refractivity contribution in [2.45, 2.75) is 18.6 Å². The fraction of sp³-hybridized carbons (Fsp3) is 0.529. The van der Waals surface area contributed by atoms with Gasteiger partial charge in [-0.3, -0.25) is 9.59 Å². The van der Waals surface area contributed by atoms with Gasteiger partial charge < -0.3 is 28.6 Å². The van der Waals surface area contributed by atoms with Crippen molar-refractivity contribution in [2.75, 3.05) is 39.6 Å². The van der Waals surface area contributed by atoms with E-state index in [0.29, 0.717) is 5.56 Å². The third-order valence-corrected chi connectivity index (χ3v) is 3.75. The molecule has 15 heteroatoms. The van der Waals surface area contributed by atoms with Crippen LogP contribution in [-0.4, -0.2) is 61.8 Å². The fourth-order valence-corrected chi connectivity index (χ4v) is 2.30. The smallest absolute Gasteiger partial charge is 0.313 e. The Morgan fingerprint density at radius 1 is 0.812 bits per heavy atom. The topological polar surface area (TPSA) is 176 Å². The first-order valence-corrected chi connectivity index (χ1v) is 9.80. The number of hydrogen-bond acceptors (Lipinski definition) is 13. The van der Waals surface area contributed by atoms with Crippen molar-refractivity contribution >= 4 is 24.6 Å². The third-order valence-electron chi connectivity index (χ3n) is 3.41. The lowest BCUT2D eigenvalue weighted by molar-refractivity contribution is -0.758. The van der Waals surface area contributed by atoms with Crippen LogP contribution in [0.1, 0.15) is 18.4 Å². The van der Waals surface area contributed by atoms with E-state index >= 15 is 0 Å². The lowest BCUT2D eigenvalue weighted by atomic mass is 10.2. The molecule has 0 aliphatic carbocycles. The second-order valence-electron chi connectivity index (χ2n) is 5.71. The first kappa shape index (κ1) is 26.9. The second kappa shape index (κ2) is 15.6. The monoisotopic (exact) mass is 478 g/mol. The Bertz CT molecular complexity index is 776. The first-order chi connectivity index (χ1) is 15.3. The molecule has 0 aromatic heterocycles. The van der Waals surface area contributed by atoms with E-state index in [1.807, 2.05) is 0 Å². The third kappa shape index (κ3) is 12.5. The lowest BCUT2D eigenvalue weighted by Gasteiger charge is -2.11. The Kier molecular flexibility index (Phi) is 13.1. The normalized spacial score (nSPS) is 10.3.